The van der Waals surface area contributed by atoms with Crippen LogP contribution in [-0.2, 0) is 21.2 Å². The van der Waals surface area contributed by atoms with Gasteiger partial charge in [-0.1, -0.05) is 0 Å². The molecule has 20 heavy (non-hydrogen) atoms. The standard InChI is InChI=1S/C12H20N4O3S/c1-10-7-15-16(8-10)4-2-14-12(17)6-11-9-20(18,19)5-3-13-11/h7-8,11,13H,2-6,9H2,1H3,(H,14,17). The Labute approximate surface area is 118 Å². The van der Waals surface area contributed by atoms with Crippen LogP contribution in [0.25, 0.3) is 0 Å². The van der Waals surface area contributed by atoms with Crippen molar-refractivity contribution in [3.05, 3.63) is 18.0 Å². The first-order chi connectivity index (χ1) is 9.44. The number of sulfone groups is 1. The summed E-state index contributed by atoms with van der Waals surface area (Å²) in [6.07, 6.45) is 3.86. The van der Waals surface area contributed by atoms with Gasteiger partial charge in [-0.25, -0.2) is 8.42 Å². The minimum absolute atomic E-state index is 0.0404. The first-order valence-electron chi connectivity index (χ1n) is 6.64. The molecule has 2 heterocycles. The summed E-state index contributed by atoms with van der Waals surface area (Å²) in [5.74, 6) is 0.0613. The lowest BCUT2D eigenvalue weighted by Gasteiger charge is -2.23. The Bertz CT molecular complexity index is 567. The maximum atomic E-state index is 11.7. The van der Waals surface area contributed by atoms with Gasteiger partial charge in [0.1, 0.15) is 0 Å². The second-order valence-electron chi connectivity index (χ2n) is 5.10. The van der Waals surface area contributed by atoms with Gasteiger partial charge in [0, 0.05) is 31.7 Å². The van der Waals surface area contributed by atoms with Crippen molar-refractivity contribution in [3.8, 4) is 0 Å². The third-order valence-electron chi connectivity index (χ3n) is 3.16. The zero-order chi connectivity index (χ0) is 14.6. The molecule has 1 aliphatic heterocycles. The molecule has 0 bridgehead atoms. The lowest BCUT2D eigenvalue weighted by Crippen LogP contribution is -2.47. The van der Waals surface area contributed by atoms with Gasteiger partial charge in [0.2, 0.25) is 5.91 Å². The minimum Gasteiger partial charge on any atom is -0.354 e. The third kappa shape index (κ3) is 4.61. The van der Waals surface area contributed by atoms with Crippen LogP contribution < -0.4 is 10.6 Å². The SMILES string of the molecule is Cc1cnn(CCNC(=O)CC2CS(=O)(=O)CCN2)c1. The van der Waals surface area contributed by atoms with Crippen molar-refractivity contribution >= 4 is 15.7 Å². The van der Waals surface area contributed by atoms with E-state index in [1.165, 1.54) is 0 Å². The Kier molecular flexibility index (Phi) is 4.77. The lowest BCUT2D eigenvalue weighted by atomic mass is 10.2. The highest BCUT2D eigenvalue weighted by atomic mass is 32.2. The van der Waals surface area contributed by atoms with Crippen molar-refractivity contribution < 1.29 is 13.2 Å². The predicted molar refractivity (Wildman–Crippen MR) is 75.0 cm³/mol. The average molecular weight is 300 g/mol. The summed E-state index contributed by atoms with van der Waals surface area (Å²) >= 11 is 0. The fraction of sp³-hybridized carbons (Fsp3) is 0.667. The van der Waals surface area contributed by atoms with Crippen molar-refractivity contribution in [1.29, 1.82) is 0 Å². The predicted octanol–water partition coefficient (Wildman–Crippen LogP) is -0.916. The Hall–Kier alpha value is -1.41. The van der Waals surface area contributed by atoms with E-state index in [9.17, 15) is 13.2 Å². The number of hydrogen-bond acceptors (Lipinski definition) is 5. The number of carbonyl (C=O) groups is 1. The molecule has 2 rings (SSSR count). The molecule has 1 aromatic heterocycles. The van der Waals surface area contributed by atoms with Gasteiger partial charge in [-0.3, -0.25) is 9.48 Å². The van der Waals surface area contributed by atoms with E-state index in [1.807, 2.05) is 13.1 Å². The summed E-state index contributed by atoms with van der Waals surface area (Å²) in [6, 6.07) is -0.277. The van der Waals surface area contributed by atoms with Crippen molar-refractivity contribution in [1.82, 2.24) is 20.4 Å². The van der Waals surface area contributed by atoms with Gasteiger partial charge in [-0.05, 0) is 12.5 Å². The van der Waals surface area contributed by atoms with Crippen LogP contribution in [-0.4, -0.2) is 54.7 Å². The van der Waals surface area contributed by atoms with E-state index in [0.29, 0.717) is 19.6 Å². The topological polar surface area (TPSA) is 93.1 Å². The van der Waals surface area contributed by atoms with Crippen LogP contribution in [0.15, 0.2) is 12.4 Å². The second kappa shape index (κ2) is 6.36. The number of carbonyl (C=O) groups excluding carboxylic acids is 1. The summed E-state index contributed by atoms with van der Waals surface area (Å²) in [4.78, 5) is 11.7. The Morgan fingerprint density at radius 3 is 3.05 bits per heavy atom. The molecule has 2 N–H and O–H groups in total. The molecule has 1 unspecified atom stereocenters. The van der Waals surface area contributed by atoms with Crippen molar-refractivity contribution in [3.63, 3.8) is 0 Å². The van der Waals surface area contributed by atoms with Crippen molar-refractivity contribution in [2.24, 2.45) is 0 Å². The molecule has 112 valence electrons. The first kappa shape index (κ1) is 15.0. The molecule has 1 saturated heterocycles. The van der Waals surface area contributed by atoms with E-state index >= 15 is 0 Å². The van der Waals surface area contributed by atoms with Gasteiger partial charge in [0.15, 0.2) is 9.84 Å². The van der Waals surface area contributed by atoms with Crippen LogP contribution in [0.4, 0.5) is 0 Å². The van der Waals surface area contributed by atoms with E-state index in [2.05, 4.69) is 15.7 Å². The van der Waals surface area contributed by atoms with Crippen LogP contribution in [0.5, 0.6) is 0 Å². The number of hydrogen-bond donors (Lipinski definition) is 2. The summed E-state index contributed by atoms with van der Waals surface area (Å²) in [5, 5.41) is 9.96. The molecule has 0 saturated carbocycles. The normalized spacial score (nSPS) is 21.6. The van der Waals surface area contributed by atoms with Crippen LogP contribution in [0.1, 0.15) is 12.0 Å². The molecule has 1 fully saturated rings. The molecular formula is C12H20N4O3S. The Balaban J connectivity index is 1.70. The van der Waals surface area contributed by atoms with Crippen molar-refractivity contribution in [2.75, 3.05) is 24.6 Å². The fourth-order valence-electron chi connectivity index (χ4n) is 2.19. The molecule has 0 radical (unpaired) electrons. The van der Waals surface area contributed by atoms with E-state index in [0.717, 1.165) is 5.56 Å². The highest BCUT2D eigenvalue weighted by Gasteiger charge is 2.25. The highest BCUT2D eigenvalue weighted by Crippen LogP contribution is 2.04. The van der Waals surface area contributed by atoms with Crippen LogP contribution in [0, 0.1) is 6.92 Å². The molecular weight excluding hydrogens is 280 g/mol. The van der Waals surface area contributed by atoms with Crippen LogP contribution in [0.3, 0.4) is 0 Å². The number of nitrogens with zero attached hydrogens (tertiary/aromatic N) is 2. The minimum atomic E-state index is -2.99. The smallest absolute Gasteiger partial charge is 0.221 e. The second-order valence-corrected chi connectivity index (χ2v) is 7.33. The molecule has 8 heteroatoms. The average Bonchev–Trinajstić information content (AvgIpc) is 2.73. The van der Waals surface area contributed by atoms with Gasteiger partial charge >= 0.3 is 0 Å². The molecule has 1 atom stereocenters. The fourth-order valence-corrected chi connectivity index (χ4v) is 3.64. The van der Waals surface area contributed by atoms with Crippen LogP contribution >= 0.6 is 0 Å². The Morgan fingerprint density at radius 2 is 2.40 bits per heavy atom. The largest absolute Gasteiger partial charge is 0.354 e. The highest BCUT2D eigenvalue weighted by molar-refractivity contribution is 7.91. The van der Waals surface area contributed by atoms with Gasteiger partial charge in [-0.2, -0.15) is 5.10 Å². The van der Waals surface area contributed by atoms with Crippen molar-refractivity contribution in [2.45, 2.75) is 25.9 Å². The van der Waals surface area contributed by atoms with E-state index < -0.39 is 9.84 Å². The molecule has 0 aliphatic carbocycles. The van der Waals surface area contributed by atoms with E-state index in [4.69, 9.17) is 0 Å². The van der Waals surface area contributed by atoms with Gasteiger partial charge in [0.25, 0.3) is 0 Å². The zero-order valence-corrected chi connectivity index (χ0v) is 12.3. The number of amides is 1. The Morgan fingerprint density at radius 1 is 1.60 bits per heavy atom. The summed E-state index contributed by atoms with van der Waals surface area (Å²) in [6.45, 7) is 3.47. The molecule has 0 aromatic carbocycles. The van der Waals surface area contributed by atoms with E-state index in [1.54, 1.807) is 10.9 Å². The first-order valence-corrected chi connectivity index (χ1v) is 8.46. The summed E-state index contributed by atoms with van der Waals surface area (Å²) in [5.41, 5.74) is 1.08. The third-order valence-corrected chi connectivity index (χ3v) is 4.89. The van der Waals surface area contributed by atoms with Gasteiger partial charge in [0.05, 0.1) is 24.2 Å². The molecule has 0 spiro atoms. The lowest BCUT2D eigenvalue weighted by molar-refractivity contribution is -0.121. The number of rotatable bonds is 5. The molecule has 7 nitrogen and oxygen atoms in total. The molecule has 1 amide bonds. The number of nitrogens with one attached hydrogen (secondary N) is 2. The van der Waals surface area contributed by atoms with Crippen LogP contribution in [0.2, 0.25) is 0 Å². The van der Waals surface area contributed by atoms with Gasteiger partial charge < -0.3 is 10.6 Å². The monoisotopic (exact) mass is 300 g/mol. The molecule has 1 aliphatic rings. The maximum absolute atomic E-state index is 11.7. The zero-order valence-electron chi connectivity index (χ0n) is 11.5. The maximum Gasteiger partial charge on any atom is 0.221 e. The number of aromatic nitrogens is 2. The van der Waals surface area contributed by atoms with Gasteiger partial charge in [-0.15, -0.1) is 0 Å². The molecule has 1 aromatic rings. The van der Waals surface area contributed by atoms with E-state index in [-0.39, 0.29) is 29.9 Å². The summed E-state index contributed by atoms with van der Waals surface area (Å²) in [7, 11) is -2.99. The number of aryl methyl sites for hydroxylation is 1. The quantitative estimate of drug-likeness (QED) is 0.734. The summed E-state index contributed by atoms with van der Waals surface area (Å²) < 4.78 is 24.7.